The Morgan fingerprint density at radius 1 is 1.46 bits per heavy atom. The topological polar surface area (TPSA) is 40.5 Å². The standard InChI is InChI=1S/C4H9.C3H7.H3O2PS2.Zn/c1-3-4-2;1-3-2;1-3(2,4)5;/h1,3-4H2,2H3;3H,1-2H3;(H3,1,2,4,5);/q2*-1;;+2. The third kappa shape index (κ3) is 279. The van der Waals surface area contributed by atoms with E-state index in [4.69, 9.17) is 9.79 Å². The van der Waals surface area contributed by atoms with Crippen molar-refractivity contribution in [2.24, 2.45) is 0 Å². The van der Waals surface area contributed by atoms with Crippen LogP contribution in [0.15, 0.2) is 0 Å². The van der Waals surface area contributed by atoms with E-state index in [9.17, 15) is 0 Å². The summed E-state index contributed by atoms with van der Waals surface area (Å²) in [6.45, 7) is 9.72. The molecule has 13 heavy (non-hydrogen) atoms. The Balaban J connectivity index is -0.0000000465. The van der Waals surface area contributed by atoms with Gasteiger partial charge in [-0.15, -0.1) is 0 Å². The van der Waals surface area contributed by atoms with E-state index in [0.717, 1.165) is 6.42 Å². The molecular formula is C7H19O2PS2Zn. The SMILES string of the molecule is C[CH-]C.OP(O)(=S)S.[CH2-]CCC.[Zn+2]. The van der Waals surface area contributed by atoms with E-state index in [2.05, 4.69) is 37.9 Å². The molecule has 0 atom stereocenters. The van der Waals surface area contributed by atoms with Crippen molar-refractivity contribution in [1.82, 2.24) is 0 Å². The van der Waals surface area contributed by atoms with Crippen LogP contribution in [0.3, 0.4) is 0 Å². The molecule has 0 bridgehead atoms. The molecule has 0 radical (unpaired) electrons. The van der Waals surface area contributed by atoms with Crippen LogP contribution in [0.4, 0.5) is 0 Å². The third-order valence-corrected chi connectivity index (χ3v) is 0.354. The second kappa shape index (κ2) is 19.2. The molecule has 0 fully saturated rings. The first-order valence-electron chi connectivity index (χ1n) is 3.64. The van der Waals surface area contributed by atoms with Crippen molar-refractivity contribution in [2.75, 3.05) is 0 Å². The van der Waals surface area contributed by atoms with Gasteiger partial charge in [-0.25, -0.2) is 0 Å². The summed E-state index contributed by atoms with van der Waals surface area (Å²) in [5, 5.41) is 0. The summed E-state index contributed by atoms with van der Waals surface area (Å²) in [7, 11) is 0. The first-order valence-corrected chi connectivity index (χ1v) is 7.50. The minimum absolute atomic E-state index is 0. The summed E-state index contributed by atoms with van der Waals surface area (Å²) in [5.74, 6) is 0. The maximum atomic E-state index is 7.87. The summed E-state index contributed by atoms with van der Waals surface area (Å²) in [6, 6.07) is 0. The number of unbranched alkanes of at least 4 members (excludes halogenated alkanes) is 1. The molecule has 2 N–H and O–H groups in total. The van der Waals surface area contributed by atoms with Gasteiger partial charge in [0.25, 0.3) is 0 Å². The van der Waals surface area contributed by atoms with Gasteiger partial charge in [-0.3, -0.25) is 0 Å². The molecule has 0 heterocycles. The first kappa shape index (κ1) is 24.0. The van der Waals surface area contributed by atoms with Gasteiger partial charge in [0.1, 0.15) is 0 Å². The minimum Gasteiger partial charge on any atom is -0.343 e. The number of thiol groups is 1. The molecule has 0 spiro atoms. The summed E-state index contributed by atoms with van der Waals surface area (Å²) >= 11 is 7.07. The molecule has 0 saturated carbocycles. The molecule has 2 nitrogen and oxygen atoms in total. The van der Waals surface area contributed by atoms with E-state index in [1.54, 1.807) is 0 Å². The molecular weight excluding hydrogens is 277 g/mol. The van der Waals surface area contributed by atoms with Crippen LogP contribution in [0.25, 0.3) is 0 Å². The van der Waals surface area contributed by atoms with E-state index in [1.807, 2.05) is 20.3 Å². The summed E-state index contributed by atoms with van der Waals surface area (Å²) in [5.41, 5.74) is -3.11. The Kier molecular flexibility index (Phi) is 35.4. The van der Waals surface area contributed by atoms with Crippen LogP contribution in [0.5, 0.6) is 0 Å². The van der Waals surface area contributed by atoms with Gasteiger partial charge < -0.3 is 23.1 Å². The largest absolute Gasteiger partial charge is 2.00 e. The van der Waals surface area contributed by atoms with Gasteiger partial charge in [-0.1, -0.05) is 25.6 Å². The zero-order valence-electron chi connectivity index (χ0n) is 8.60. The summed E-state index contributed by atoms with van der Waals surface area (Å²) in [4.78, 5) is 15.7. The molecule has 78 valence electrons. The van der Waals surface area contributed by atoms with Gasteiger partial charge in [0.05, 0.1) is 0 Å². The molecule has 0 aromatic heterocycles. The zero-order chi connectivity index (χ0) is 10.6. The normalized spacial score (nSPS) is 8.23. The average molecular weight is 296 g/mol. The van der Waals surface area contributed by atoms with E-state index < -0.39 is 5.69 Å². The molecule has 0 aliphatic rings. The van der Waals surface area contributed by atoms with Crippen LogP contribution < -0.4 is 0 Å². The molecule has 0 saturated heterocycles. The van der Waals surface area contributed by atoms with E-state index in [1.165, 1.54) is 6.42 Å². The number of hydrogen-bond acceptors (Lipinski definition) is 1. The maximum Gasteiger partial charge on any atom is 2.00 e. The first-order chi connectivity index (χ1) is 5.33. The molecule has 0 aromatic carbocycles. The Hall–Kier alpha value is 1.54. The zero-order valence-corrected chi connectivity index (χ0v) is 14.2. The molecule has 0 unspecified atom stereocenters. The van der Waals surface area contributed by atoms with Gasteiger partial charge in [-0.2, -0.15) is 20.3 Å². The van der Waals surface area contributed by atoms with Gasteiger partial charge in [-0.05, 0) is 11.8 Å². The van der Waals surface area contributed by atoms with Crippen LogP contribution >= 0.6 is 17.9 Å². The monoisotopic (exact) mass is 294 g/mol. The maximum absolute atomic E-state index is 7.87. The Morgan fingerprint density at radius 3 is 1.54 bits per heavy atom. The van der Waals surface area contributed by atoms with Crippen LogP contribution in [0, 0.1) is 13.3 Å². The molecule has 0 aliphatic heterocycles. The van der Waals surface area contributed by atoms with E-state index >= 15 is 0 Å². The fourth-order valence-electron chi connectivity index (χ4n) is 0. The quantitative estimate of drug-likeness (QED) is 0.301. The Labute approximate surface area is 106 Å². The molecule has 0 aliphatic carbocycles. The van der Waals surface area contributed by atoms with Crippen molar-refractivity contribution in [3.63, 3.8) is 0 Å². The molecule has 0 aromatic rings. The molecule has 0 amide bonds. The van der Waals surface area contributed by atoms with Crippen molar-refractivity contribution >= 4 is 29.7 Å². The third-order valence-electron chi connectivity index (χ3n) is 0.354. The van der Waals surface area contributed by atoms with Gasteiger partial charge in [0.2, 0.25) is 5.69 Å². The van der Waals surface area contributed by atoms with Gasteiger partial charge >= 0.3 is 19.5 Å². The van der Waals surface area contributed by atoms with Crippen LogP contribution in [0.1, 0.15) is 33.6 Å². The second-order valence-corrected chi connectivity index (χ2v) is 6.98. The van der Waals surface area contributed by atoms with Crippen LogP contribution in [0.2, 0.25) is 0 Å². The van der Waals surface area contributed by atoms with Crippen molar-refractivity contribution in [1.29, 1.82) is 0 Å². The predicted molar refractivity (Wildman–Crippen MR) is 63.6 cm³/mol. The van der Waals surface area contributed by atoms with Crippen molar-refractivity contribution in [3.8, 4) is 0 Å². The second-order valence-electron chi connectivity index (χ2n) is 1.94. The number of hydrogen-bond donors (Lipinski definition) is 3. The van der Waals surface area contributed by atoms with E-state index in [-0.39, 0.29) is 19.5 Å². The Morgan fingerprint density at radius 2 is 1.54 bits per heavy atom. The fourth-order valence-corrected chi connectivity index (χ4v) is 0. The summed E-state index contributed by atoms with van der Waals surface area (Å²) in [6.07, 6.45) is 4.28. The molecule has 6 heteroatoms. The van der Waals surface area contributed by atoms with Crippen molar-refractivity contribution in [2.45, 2.75) is 33.6 Å². The Bertz CT molecular complexity index is 98.4. The smallest absolute Gasteiger partial charge is 0.343 e. The van der Waals surface area contributed by atoms with Crippen LogP contribution in [-0.2, 0) is 31.3 Å². The van der Waals surface area contributed by atoms with E-state index in [0.29, 0.717) is 0 Å². The molecule has 0 rings (SSSR count). The fraction of sp³-hybridized carbons (Fsp3) is 0.714. The van der Waals surface area contributed by atoms with Gasteiger partial charge in [0.15, 0.2) is 0 Å². The van der Waals surface area contributed by atoms with Crippen molar-refractivity contribution < 1.29 is 29.3 Å². The minimum atomic E-state index is -3.11. The van der Waals surface area contributed by atoms with Crippen molar-refractivity contribution in [3.05, 3.63) is 13.3 Å². The predicted octanol–water partition coefficient (Wildman–Crippen LogP) is 2.97. The van der Waals surface area contributed by atoms with Crippen LogP contribution in [-0.4, -0.2) is 9.79 Å². The number of rotatable bonds is 1. The average Bonchev–Trinajstić information content (AvgIpc) is 1.85. The summed E-state index contributed by atoms with van der Waals surface area (Å²) < 4.78 is 0. The van der Waals surface area contributed by atoms with Gasteiger partial charge in [0, 0.05) is 0 Å².